The molecule has 0 bridgehead atoms. The van der Waals surface area contributed by atoms with E-state index in [4.69, 9.17) is 30.5 Å². The largest absolute Gasteiger partial charge is 0.493 e. The van der Waals surface area contributed by atoms with E-state index >= 15 is 0 Å². The third-order valence-electron chi connectivity index (χ3n) is 5.27. The molecule has 0 radical (unpaired) electrons. The van der Waals surface area contributed by atoms with Crippen LogP contribution in [-0.2, 0) is 15.1 Å². The summed E-state index contributed by atoms with van der Waals surface area (Å²) >= 11 is 6.17. The van der Waals surface area contributed by atoms with E-state index in [0.29, 0.717) is 28.6 Å². The maximum Gasteiger partial charge on any atom is 0.325 e. The Balaban J connectivity index is 1.51. The Morgan fingerprint density at radius 1 is 1.16 bits per heavy atom. The van der Waals surface area contributed by atoms with Gasteiger partial charge in [0, 0.05) is 12.1 Å². The second-order valence-electron chi connectivity index (χ2n) is 7.25. The summed E-state index contributed by atoms with van der Waals surface area (Å²) in [6.45, 7) is 1.11. The third kappa shape index (κ3) is 3.62. The first kappa shape index (κ1) is 21.6. The number of rotatable bonds is 6. The number of ether oxygens (including phenoxy) is 4. The second-order valence-corrected chi connectivity index (χ2v) is 7.66. The summed E-state index contributed by atoms with van der Waals surface area (Å²) in [4.78, 5) is 39.1. The van der Waals surface area contributed by atoms with Crippen LogP contribution in [0.5, 0.6) is 23.0 Å². The van der Waals surface area contributed by atoms with Crippen LogP contribution in [0.2, 0.25) is 5.02 Å². The number of nitrogens with zero attached hydrogens (tertiary/aromatic N) is 1. The number of nitrogens with one attached hydrogen (secondary N) is 2. The first-order valence-electron chi connectivity index (χ1n) is 9.52. The lowest BCUT2D eigenvalue weighted by atomic mass is 9.91. The Bertz CT molecular complexity index is 1120. The monoisotopic (exact) mass is 461 g/mol. The van der Waals surface area contributed by atoms with Crippen LogP contribution in [0.1, 0.15) is 12.5 Å². The maximum atomic E-state index is 13.1. The SMILES string of the molecule is COc1ccc(C2(C)NC(=O)N(CC(=O)Nc3cc4c(cc3Cl)OCO4)C2=O)cc1OC. The standard InChI is InChI=1S/C21H20ClN3O7/c1-21(11-4-5-14(29-2)15(6-11)30-3)19(27)25(20(28)24-21)9-18(26)23-13-8-17-16(7-12(13)22)31-10-32-17/h4-8H,9-10H2,1-3H3,(H,23,26)(H,24,28). The van der Waals surface area contributed by atoms with E-state index in [1.54, 1.807) is 25.1 Å². The zero-order valence-corrected chi connectivity index (χ0v) is 18.2. The quantitative estimate of drug-likeness (QED) is 0.635. The first-order valence-corrected chi connectivity index (χ1v) is 9.90. The number of anilines is 1. The van der Waals surface area contributed by atoms with Gasteiger partial charge in [-0.1, -0.05) is 17.7 Å². The molecule has 2 aromatic rings. The number of carbonyl (C=O) groups is 3. The summed E-state index contributed by atoms with van der Waals surface area (Å²) in [7, 11) is 2.96. The van der Waals surface area contributed by atoms with Gasteiger partial charge in [0.15, 0.2) is 23.0 Å². The third-order valence-corrected chi connectivity index (χ3v) is 5.59. The molecular formula is C21H20ClN3O7. The molecule has 0 saturated carbocycles. The Kier molecular flexibility index (Phi) is 5.47. The minimum atomic E-state index is -1.38. The molecule has 1 atom stereocenters. The summed E-state index contributed by atoms with van der Waals surface area (Å²) < 4.78 is 21.0. The number of fused-ring (bicyclic) bond motifs is 1. The fourth-order valence-electron chi connectivity index (χ4n) is 3.53. The number of hydrogen-bond donors (Lipinski definition) is 2. The van der Waals surface area contributed by atoms with Crippen LogP contribution in [0.25, 0.3) is 0 Å². The van der Waals surface area contributed by atoms with Crippen molar-refractivity contribution in [2.75, 3.05) is 32.9 Å². The number of halogens is 1. The molecule has 1 unspecified atom stereocenters. The molecule has 32 heavy (non-hydrogen) atoms. The van der Waals surface area contributed by atoms with Gasteiger partial charge in [-0.2, -0.15) is 0 Å². The van der Waals surface area contributed by atoms with Gasteiger partial charge in [-0.05, 0) is 24.6 Å². The summed E-state index contributed by atoms with van der Waals surface area (Å²) in [5.74, 6) is 0.594. The minimum absolute atomic E-state index is 0.0558. The van der Waals surface area contributed by atoms with Gasteiger partial charge in [0.2, 0.25) is 12.7 Å². The van der Waals surface area contributed by atoms with Crippen LogP contribution < -0.4 is 29.6 Å². The van der Waals surface area contributed by atoms with Crippen molar-refractivity contribution < 1.29 is 33.3 Å². The molecule has 1 saturated heterocycles. The molecule has 11 heteroatoms. The summed E-state index contributed by atoms with van der Waals surface area (Å²) in [5.41, 5.74) is -0.626. The fraction of sp³-hybridized carbons (Fsp3) is 0.286. The van der Waals surface area contributed by atoms with E-state index in [0.717, 1.165) is 4.90 Å². The Labute approximate surface area is 188 Å². The molecule has 4 amide bonds. The normalized spacial score (nSPS) is 19.1. The zero-order valence-electron chi connectivity index (χ0n) is 17.5. The van der Waals surface area contributed by atoms with Crippen molar-refractivity contribution in [3.63, 3.8) is 0 Å². The Morgan fingerprint density at radius 3 is 2.53 bits per heavy atom. The second kappa shape index (κ2) is 8.12. The van der Waals surface area contributed by atoms with Crippen LogP contribution in [-0.4, -0.2) is 50.3 Å². The Morgan fingerprint density at radius 2 is 1.84 bits per heavy atom. The molecular weight excluding hydrogens is 442 g/mol. The number of methoxy groups -OCH3 is 2. The van der Waals surface area contributed by atoms with Gasteiger partial charge in [0.05, 0.1) is 24.9 Å². The molecule has 4 rings (SSSR count). The fourth-order valence-corrected chi connectivity index (χ4v) is 3.73. The molecule has 2 N–H and O–H groups in total. The first-order chi connectivity index (χ1) is 15.3. The number of benzene rings is 2. The summed E-state index contributed by atoms with van der Waals surface area (Å²) in [6, 6.07) is 7.22. The van der Waals surface area contributed by atoms with Crippen molar-refractivity contribution in [2.24, 2.45) is 0 Å². The van der Waals surface area contributed by atoms with Crippen LogP contribution in [0.15, 0.2) is 30.3 Å². The minimum Gasteiger partial charge on any atom is -0.493 e. The van der Waals surface area contributed by atoms with E-state index in [1.807, 2.05) is 0 Å². The van der Waals surface area contributed by atoms with Crippen LogP contribution in [0.4, 0.5) is 10.5 Å². The number of urea groups is 1. The van der Waals surface area contributed by atoms with E-state index in [2.05, 4.69) is 10.6 Å². The van der Waals surface area contributed by atoms with Gasteiger partial charge in [-0.25, -0.2) is 4.79 Å². The van der Waals surface area contributed by atoms with Crippen LogP contribution in [0.3, 0.4) is 0 Å². The molecule has 0 aliphatic carbocycles. The zero-order chi connectivity index (χ0) is 23.0. The lowest BCUT2D eigenvalue weighted by molar-refractivity contribution is -0.133. The molecule has 2 heterocycles. The van der Waals surface area contributed by atoms with Crippen LogP contribution >= 0.6 is 11.6 Å². The van der Waals surface area contributed by atoms with Gasteiger partial charge in [-0.3, -0.25) is 14.5 Å². The molecule has 0 aromatic heterocycles. The van der Waals surface area contributed by atoms with Gasteiger partial charge >= 0.3 is 6.03 Å². The van der Waals surface area contributed by atoms with Crippen molar-refractivity contribution in [1.29, 1.82) is 0 Å². The number of amides is 4. The maximum absolute atomic E-state index is 13.1. The predicted octanol–water partition coefficient (Wildman–Crippen LogP) is 2.49. The van der Waals surface area contributed by atoms with Gasteiger partial charge in [0.1, 0.15) is 12.1 Å². The lowest BCUT2D eigenvalue weighted by Crippen LogP contribution is -2.42. The van der Waals surface area contributed by atoms with E-state index in [9.17, 15) is 14.4 Å². The molecule has 2 aliphatic heterocycles. The smallest absolute Gasteiger partial charge is 0.325 e. The van der Waals surface area contributed by atoms with Crippen molar-refractivity contribution >= 4 is 35.1 Å². The predicted molar refractivity (Wildman–Crippen MR) is 113 cm³/mol. The highest BCUT2D eigenvalue weighted by atomic mass is 35.5. The number of hydrogen-bond acceptors (Lipinski definition) is 7. The van der Waals surface area contributed by atoms with E-state index < -0.39 is 29.9 Å². The van der Waals surface area contributed by atoms with E-state index in [1.165, 1.54) is 26.4 Å². The Hall–Kier alpha value is -3.66. The van der Waals surface area contributed by atoms with Gasteiger partial charge in [0.25, 0.3) is 5.91 Å². The van der Waals surface area contributed by atoms with E-state index in [-0.39, 0.29) is 17.5 Å². The average Bonchev–Trinajstić information content (AvgIpc) is 3.31. The molecule has 2 aliphatic rings. The summed E-state index contributed by atoms with van der Waals surface area (Å²) in [5, 5.41) is 5.47. The molecule has 2 aromatic carbocycles. The molecule has 10 nitrogen and oxygen atoms in total. The number of carbonyl (C=O) groups excluding carboxylic acids is 3. The van der Waals surface area contributed by atoms with Gasteiger partial charge < -0.3 is 29.6 Å². The van der Waals surface area contributed by atoms with Crippen molar-refractivity contribution in [2.45, 2.75) is 12.5 Å². The highest BCUT2D eigenvalue weighted by Gasteiger charge is 2.49. The van der Waals surface area contributed by atoms with Crippen molar-refractivity contribution in [3.05, 3.63) is 40.9 Å². The highest BCUT2D eigenvalue weighted by molar-refractivity contribution is 6.34. The highest BCUT2D eigenvalue weighted by Crippen LogP contribution is 2.39. The molecule has 168 valence electrons. The molecule has 0 spiro atoms. The summed E-state index contributed by atoms with van der Waals surface area (Å²) in [6.07, 6.45) is 0. The topological polar surface area (TPSA) is 115 Å². The van der Waals surface area contributed by atoms with Gasteiger partial charge in [-0.15, -0.1) is 0 Å². The van der Waals surface area contributed by atoms with Crippen LogP contribution in [0, 0.1) is 0 Å². The lowest BCUT2D eigenvalue weighted by Gasteiger charge is -2.23. The van der Waals surface area contributed by atoms with Crippen molar-refractivity contribution in [1.82, 2.24) is 10.2 Å². The van der Waals surface area contributed by atoms with Crippen molar-refractivity contribution in [3.8, 4) is 23.0 Å². The molecule has 1 fully saturated rings. The average molecular weight is 462 g/mol. The number of imide groups is 1.